The fraction of sp³-hybridized carbons (Fsp3) is 0.240. The van der Waals surface area contributed by atoms with Crippen molar-refractivity contribution in [1.82, 2.24) is 0 Å². The first-order valence-electron chi connectivity index (χ1n) is 10.2. The van der Waals surface area contributed by atoms with Crippen LogP contribution in [0.1, 0.15) is 36.6 Å². The summed E-state index contributed by atoms with van der Waals surface area (Å²) in [6, 6.07) is 12.6. The number of rotatable bonds is 7. The van der Waals surface area contributed by atoms with Crippen molar-refractivity contribution in [3.05, 3.63) is 64.5 Å². The molecular weight excluding hydrogens is 448 g/mol. The van der Waals surface area contributed by atoms with Gasteiger partial charge >= 0.3 is 0 Å². The number of aliphatic imine (C=N–C) groups is 1. The van der Waals surface area contributed by atoms with E-state index >= 15 is 0 Å². The van der Waals surface area contributed by atoms with Crippen molar-refractivity contribution in [3.8, 4) is 21.6 Å². The highest BCUT2D eigenvalue weighted by Gasteiger charge is 2.14. The first kappa shape index (κ1) is 22.0. The highest BCUT2D eigenvalue weighted by molar-refractivity contribution is 7.78. The molecule has 0 amide bonds. The van der Waals surface area contributed by atoms with Gasteiger partial charge in [0.25, 0.3) is 0 Å². The van der Waals surface area contributed by atoms with Gasteiger partial charge in [-0.25, -0.2) is 8.78 Å². The smallest absolute Gasteiger partial charge is 0.150 e. The van der Waals surface area contributed by atoms with E-state index in [0.29, 0.717) is 16.7 Å². The standard InChI is InChI=1S/C25H21F2NS3/c1-3-4-5-6-18-12-23-24(30-18)13-22(31-23)16-7-8-19(20(26)10-16)17-9-15(2)25(28-14-29)21(27)11-17/h7-13H,3-6H2,1-2H3. The van der Waals surface area contributed by atoms with Crippen LogP contribution < -0.4 is 0 Å². The van der Waals surface area contributed by atoms with Gasteiger partial charge in [-0.1, -0.05) is 31.9 Å². The number of hydrogen-bond acceptors (Lipinski definition) is 4. The van der Waals surface area contributed by atoms with Crippen molar-refractivity contribution in [2.24, 2.45) is 4.99 Å². The second-order valence-electron chi connectivity index (χ2n) is 7.53. The normalized spacial score (nSPS) is 11.1. The van der Waals surface area contributed by atoms with Gasteiger partial charge in [-0.3, -0.25) is 0 Å². The topological polar surface area (TPSA) is 12.4 Å². The molecule has 0 saturated heterocycles. The second kappa shape index (κ2) is 9.49. The molecule has 2 heterocycles. The molecule has 4 rings (SSSR count). The van der Waals surface area contributed by atoms with E-state index in [2.05, 4.69) is 41.4 Å². The Bertz CT molecular complexity index is 1240. The molecule has 1 nitrogen and oxygen atoms in total. The van der Waals surface area contributed by atoms with E-state index in [4.69, 9.17) is 0 Å². The molecule has 0 radical (unpaired) electrons. The molecule has 2 aromatic carbocycles. The predicted molar refractivity (Wildman–Crippen MR) is 133 cm³/mol. The molecule has 0 spiro atoms. The Morgan fingerprint density at radius 3 is 2.39 bits per heavy atom. The zero-order chi connectivity index (χ0) is 22.0. The molecular formula is C25H21F2NS3. The Kier molecular flexibility index (Phi) is 6.73. The minimum absolute atomic E-state index is 0.142. The van der Waals surface area contributed by atoms with Gasteiger partial charge in [-0.05, 0) is 79.0 Å². The molecule has 158 valence electrons. The molecule has 2 aromatic heterocycles. The molecule has 31 heavy (non-hydrogen) atoms. The van der Waals surface area contributed by atoms with Crippen LogP contribution in [-0.2, 0) is 6.42 Å². The van der Waals surface area contributed by atoms with Crippen LogP contribution >= 0.6 is 34.9 Å². The third-order valence-corrected chi connectivity index (χ3v) is 7.75. The van der Waals surface area contributed by atoms with E-state index in [1.165, 1.54) is 45.7 Å². The lowest BCUT2D eigenvalue weighted by Crippen LogP contribution is -1.89. The van der Waals surface area contributed by atoms with E-state index in [1.54, 1.807) is 30.4 Å². The molecule has 6 heteroatoms. The number of halogens is 2. The summed E-state index contributed by atoms with van der Waals surface area (Å²) in [5.74, 6) is -0.913. The van der Waals surface area contributed by atoms with E-state index in [-0.39, 0.29) is 11.5 Å². The third kappa shape index (κ3) is 4.68. The van der Waals surface area contributed by atoms with Crippen molar-refractivity contribution in [1.29, 1.82) is 0 Å². The van der Waals surface area contributed by atoms with Crippen molar-refractivity contribution < 1.29 is 8.78 Å². The van der Waals surface area contributed by atoms with Crippen molar-refractivity contribution in [3.63, 3.8) is 0 Å². The minimum Gasteiger partial charge on any atom is -0.206 e. The van der Waals surface area contributed by atoms with E-state index in [1.807, 2.05) is 17.4 Å². The molecule has 4 aromatic rings. The maximum absolute atomic E-state index is 15.0. The number of aryl methyl sites for hydroxylation is 2. The van der Waals surface area contributed by atoms with Crippen molar-refractivity contribution in [2.45, 2.75) is 39.5 Å². The first-order valence-corrected chi connectivity index (χ1v) is 12.2. The van der Waals surface area contributed by atoms with Crippen LogP contribution in [0, 0.1) is 18.6 Å². The second-order valence-corrected chi connectivity index (χ2v) is 9.96. The fourth-order valence-electron chi connectivity index (χ4n) is 3.68. The number of nitrogens with zero attached hydrogens (tertiary/aromatic N) is 1. The van der Waals surface area contributed by atoms with Gasteiger partial charge in [0.05, 0.1) is 5.16 Å². The van der Waals surface area contributed by atoms with Gasteiger partial charge in [-0.15, -0.1) is 22.7 Å². The van der Waals surface area contributed by atoms with Crippen LogP contribution in [0.4, 0.5) is 14.5 Å². The number of hydrogen-bond donors (Lipinski definition) is 0. The lowest BCUT2D eigenvalue weighted by Gasteiger charge is -2.09. The summed E-state index contributed by atoms with van der Waals surface area (Å²) in [5, 5.41) is 2.18. The molecule has 0 unspecified atom stereocenters. The predicted octanol–water partition coefficient (Wildman–Crippen LogP) is 9.35. The average molecular weight is 470 g/mol. The molecule has 0 atom stereocenters. The number of thiophene rings is 2. The van der Waals surface area contributed by atoms with Crippen LogP contribution in [0.2, 0.25) is 0 Å². The summed E-state index contributed by atoms with van der Waals surface area (Å²) in [4.78, 5) is 6.22. The third-order valence-electron chi connectivity index (χ3n) is 5.26. The van der Waals surface area contributed by atoms with Crippen LogP contribution in [-0.4, -0.2) is 5.16 Å². The maximum Gasteiger partial charge on any atom is 0.150 e. The Balaban J connectivity index is 1.62. The molecule has 0 aliphatic carbocycles. The molecule has 0 N–H and O–H groups in total. The monoisotopic (exact) mass is 469 g/mol. The van der Waals surface area contributed by atoms with Gasteiger partial charge in [0.1, 0.15) is 11.5 Å². The fourth-order valence-corrected chi connectivity index (χ4v) is 6.23. The lowest BCUT2D eigenvalue weighted by atomic mass is 10.00. The highest BCUT2D eigenvalue weighted by atomic mass is 32.1. The van der Waals surface area contributed by atoms with Gasteiger partial charge in [-0.2, -0.15) is 4.99 Å². The summed E-state index contributed by atoms with van der Waals surface area (Å²) in [5.41, 5.74) is 2.40. The van der Waals surface area contributed by atoms with Crippen LogP contribution in [0.5, 0.6) is 0 Å². The van der Waals surface area contributed by atoms with E-state index in [9.17, 15) is 8.78 Å². The molecule has 0 aliphatic rings. The highest BCUT2D eigenvalue weighted by Crippen LogP contribution is 2.40. The van der Waals surface area contributed by atoms with Gasteiger partial charge in [0, 0.05) is 24.7 Å². The number of thiocarbonyl (C=S) groups is 1. The molecule has 0 fully saturated rings. The Hall–Kier alpha value is -2.24. The average Bonchev–Trinajstić information content (AvgIpc) is 3.29. The number of fused-ring (bicyclic) bond motifs is 1. The Morgan fingerprint density at radius 1 is 0.935 bits per heavy atom. The summed E-state index contributed by atoms with van der Waals surface area (Å²) in [6.45, 7) is 3.94. The summed E-state index contributed by atoms with van der Waals surface area (Å²) < 4.78 is 31.9. The zero-order valence-corrected chi connectivity index (χ0v) is 19.7. The van der Waals surface area contributed by atoms with Crippen molar-refractivity contribution in [2.75, 3.05) is 0 Å². The Morgan fingerprint density at radius 2 is 1.71 bits per heavy atom. The summed E-state index contributed by atoms with van der Waals surface area (Å²) >= 11 is 8.08. The number of unbranched alkanes of at least 4 members (excludes halogenated alkanes) is 2. The van der Waals surface area contributed by atoms with E-state index < -0.39 is 5.82 Å². The number of isothiocyanates is 1. The van der Waals surface area contributed by atoms with Gasteiger partial charge in [0.15, 0.2) is 5.82 Å². The quantitative estimate of drug-likeness (QED) is 0.149. The van der Waals surface area contributed by atoms with Crippen LogP contribution in [0.3, 0.4) is 0 Å². The van der Waals surface area contributed by atoms with Crippen molar-refractivity contribution >= 4 is 55.1 Å². The number of benzene rings is 2. The SMILES string of the molecule is CCCCCc1cc2sc(-c3ccc(-c4cc(C)c(N=C=S)c(F)c4)c(F)c3)cc2s1. The molecule has 0 aliphatic heterocycles. The largest absolute Gasteiger partial charge is 0.206 e. The lowest BCUT2D eigenvalue weighted by molar-refractivity contribution is 0.625. The van der Waals surface area contributed by atoms with E-state index in [0.717, 1.165) is 16.9 Å². The van der Waals surface area contributed by atoms with Gasteiger partial charge in [0.2, 0.25) is 0 Å². The molecule has 0 bridgehead atoms. The van der Waals surface area contributed by atoms with Gasteiger partial charge < -0.3 is 0 Å². The summed E-state index contributed by atoms with van der Waals surface area (Å²) in [6.07, 6.45) is 4.84. The molecule has 0 saturated carbocycles. The maximum atomic E-state index is 15.0. The van der Waals surface area contributed by atoms with Crippen LogP contribution in [0.25, 0.3) is 31.0 Å². The minimum atomic E-state index is -0.538. The Labute approximate surface area is 194 Å². The zero-order valence-electron chi connectivity index (χ0n) is 17.3. The summed E-state index contributed by atoms with van der Waals surface area (Å²) in [7, 11) is 0. The van der Waals surface area contributed by atoms with Crippen LogP contribution in [0.15, 0.2) is 47.5 Å². The first-order chi connectivity index (χ1) is 15.0.